The zero-order valence-corrected chi connectivity index (χ0v) is 14.6. The van der Waals surface area contributed by atoms with E-state index in [-0.39, 0.29) is 16.1 Å². The van der Waals surface area contributed by atoms with Crippen molar-refractivity contribution < 1.29 is 21.6 Å². The first-order valence-corrected chi connectivity index (χ1v) is 9.17. The van der Waals surface area contributed by atoms with Gasteiger partial charge in [0.05, 0.1) is 18.6 Å². The number of primary sulfonamides is 1. The maximum absolute atomic E-state index is 14.0. The van der Waals surface area contributed by atoms with Crippen LogP contribution in [0.2, 0.25) is 0 Å². The van der Waals surface area contributed by atoms with Crippen molar-refractivity contribution in [2.24, 2.45) is 10.1 Å². The first-order chi connectivity index (χ1) is 12.1. The summed E-state index contributed by atoms with van der Waals surface area (Å²) in [7, 11) is -4.10. The minimum atomic E-state index is -4.67. The van der Waals surface area contributed by atoms with Crippen LogP contribution in [0.1, 0.15) is 11.1 Å². The number of hydrogen-bond donors (Lipinski definition) is 1. The third kappa shape index (κ3) is 2.97. The molecule has 3 rings (SSSR count). The molecule has 9 heteroatoms. The number of nitrogens with two attached hydrogens (primary N) is 1. The van der Waals surface area contributed by atoms with Gasteiger partial charge in [-0.15, -0.1) is 0 Å². The molecule has 0 saturated carbocycles. The minimum absolute atomic E-state index is 0.0272. The van der Waals surface area contributed by atoms with Crippen molar-refractivity contribution in [1.82, 2.24) is 0 Å². The van der Waals surface area contributed by atoms with Crippen molar-refractivity contribution in [2.45, 2.75) is 23.5 Å². The number of aliphatic imine (C=N–C) groups is 1. The number of benzene rings is 2. The van der Waals surface area contributed by atoms with Gasteiger partial charge in [0.15, 0.2) is 0 Å². The maximum Gasteiger partial charge on any atom is 0.419 e. The normalized spacial score (nSPS) is 20.6. The molecule has 0 fully saturated rings. The van der Waals surface area contributed by atoms with Gasteiger partial charge in [-0.3, -0.25) is 4.99 Å². The second-order valence-corrected chi connectivity index (χ2v) is 7.59. The number of alkyl halides is 3. The maximum atomic E-state index is 14.0. The SMILES string of the molecule is Cc1ccccc1C1(C(F)(F)F)CN(c2ccccc2S(N)(=O)=O)C=N1. The minimum Gasteiger partial charge on any atom is -0.328 e. The Morgan fingerprint density at radius 1 is 1.12 bits per heavy atom. The first-order valence-electron chi connectivity index (χ1n) is 7.63. The molecule has 1 unspecified atom stereocenters. The van der Waals surface area contributed by atoms with Gasteiger partial charge in [-0.1, -0.05) is 36.4 Å². The van der Waals surface area contributed by atoms with E-state index in [1.54, 1.807) is 19.1 Å². The zero-order valence-electron chi connectivity index (χ0n) is 13.7. The second-order valence-electron chi connectivity index (χ2n) is 6.06. The molecule has 0 radical (unpaired) electrons. The number of halogens is 3. The summed E-state index contributed by atoms with van der Waals surface area (Å²) >= 11 is 0. The molecule has 1 heterocycles. The average molecular weight is 383 g/mol. The van der Waals surface area contributed by atoms with Crippen molar-refractivity contribution in [3.05, 3.63) is 59.7 Å². The Hall–Kier alpha value is -2.39. The van der Waals surface area contributed by atoms with E-state index in [4.69, 9.17) is 5.14 Å². The summed E-state index contributed by atoms with van der Waals surface area (Å²) in [6.07, 6.45) is -3.65. The molecule has 26 heavy (non-hydrogen) atoms. The van der Waals surface area contributed by atoms with Crippen molar-refractivity contribution >= 4 is 22.0 Å². The predicted molar refractivity (Wildman–Crippen MR) is 92.6 cm³/mol. The lowest BCUT2D eigenvalue weighted by atomic mass is 9.86. The Labute approximate surface area is 149 Å². The van der Waals surface area contributed by atoms with E-state index in [2.05, 4.69) is 4.99 Å². The quantitative estimate of drug-likeness (QED) is 0.885. The summed E-state index contributed by atoms with van der Waals surface area (Å²) in [6.45, 7) is 1.01. The summed E-state index contributed by atoms with van der Waals surface area (Å²) < 4.78 is 65.6. The Morgan fingerprint density at radius 3 is 2.35 bits per heavy atom. The van der Waals surface area contributed by atoms with Gasteiger partial charge in [0.1, 0.15) is 4.90 Å². The van der Waals surface area contributed by atoms with Crippen molar-refractivity contribution in [1.29, 1.82) is 0 Å². The van der Waals surface area contributed by atoms with E-state index in [1.807, 2.05) is 0 Å². The summed E-state index contributed by atoms with van der Waals surface area (Å²) in [5, 5.41) is 5.19. The van der Waals surface area contributed by atoms with E-state index in [0.29, 0.717) is 5.56 Å². The molecule has 0 saturated heterocycles. The smallest absolute Gasteiger partial charge is 0.328 e. The molecular formula is C17H16F3N3O2S. The molecule has 0 bridgehead atoms. The zero-order chi connectivity index (χ0) is 19.2. The largest absolute Gasteiger partial charge is 0.419 e. The van der Waals surface area contributed by atoms with E-state index in [1.165, 1.54) is 41.3 Å². The van der Waals surface area contributed by atoms with Gasteiger partial charge in [-0.2, -0.15) is 13.2 Å². The summed E-state index contributed by atoms with van der Waals surface area (Å²) in [4.78, 5) is 4.70. The molecular weight excluding hydrogens is 367 g/mol. The molecule has 138 valence electrons. The number of sulfonamides is 1. The monoisotopic (exact) mass is 383 g/mol. The predicted octanol–water partition coefficient (Wildman–Crippen LogP) is 2.95. The highest BCUT2D eigenvalue weighted by molar-refractivity contribution is 7.89. The van der Waals surface area contributed by atoms with E-state index >= 15 is 0 Å². The molecule has 1 aliphatic rings. The molecule has 0 aromatic heterocycles. The van der Waals surface area contributed by atoms with Crippen LogP contribution >= 0.6 is 0 Å². The van der Waals surface area contributed by atoms with E-state index in [0.717, 1.165) is 6.34 Å². The van der Waals surface area contributed by atoms with Crippen LogP contribution in [-0.4, -0.2) is 27.5 Å². The fourth-order valence-corrected chi connectivity index (χ4v) is 3.83. The van der Waals surface area contributed by atoms with E-state index in [9.17, 15) is 21.6 Å². The number of para-hydroxylation sites is 1. The topological polar surface area (TPSA) is 75.8 Å². The molecule has 2 aromatic carbocycles. The number of anilines is 1. The third-order valence-electron chi connectivity index (χ3n) is 4.36. The molecule has 2 aromatic rings. The van der Waals surface area contributed by atoms with Crippen LogP contribution in [0.25, 0.3) is 0 Å². The standard InChI is InChI=1S/C17H16F3N3O2S/c1-12-6-2-3-7-13(12)16(17(18,19)20)10-23(11-22-16)14-8-4-5-9-15(14)26(21,24)25/h2-9,11H,10H2,1H3,(H2,21,24,25). The fourth-order valence-electron chi connectivity index (χ4n) is 3.09. The highest BCUT2D eigenvalue weighted by Gasteiger charge is 2.59. The van der Waals surface area contributed by atoms with Crippen molar-refractivity contribution in [2.75, 3.05) is 11.4 Å². The summed E-state index contributed by atoms with van der Waals surface area (Å²) in [5.41, 5.74) is -1.95. The lowest BCUT2D eigenvalue weighted by molar-refractivity contribution is -0.183. The van der Waals surface area contributed by atoms with Crippen LogP contribution in [0.3, 0.4) is 0 Å². The first kappa shape index (κ1) is 18.4. The van der Waals surface area contributed by atoms with Crippen LogP contribution in [0.5, 0.6) is 0 Å². The molecule has 5 nitrogen and oxygen atoms in total. The number of nitrogens with zero attached hydrogens (tertiary/aromatic N) is 2. The Morgan fingerprint density at radius 2 is 1.73 bits per heavy atom. The lowest BCUT2D eigenvalue weighted by Gasteiger charge is -2.32. The van der Waals surface area contributed by atoms with Gasteiger partial charge in [0, 0.05) is 0 Å². The Bertz CT molecular complexity index is 973. The van der Waals surface area contributed by atoms with Gasteiger partial charge >= 0.3 is 6.18 Å². The van der Waals surface area contributed by atoms with Gasteiger partial charge in [0.25, 0.3) is 0 Å². The van der Waals surface area contributed by atoms with Crippen LogP contribution in [0, 0.1) is 6.92 Å². The van der Waals surface area contributed by atoms with Crippen LogP contribution < -0.4 is 10.0 Å². The lowest BCUT2D eigenvalue weighted by Crippen LogP contribution is -2.45. The number of rotatable bonds is 3. The molecule has 2 N–H and O–H groups in total. The average Bonchev–Trinajstić information content (AvgIpc) is 3.01. The molecule has 1 aliphatic heterocycles. The Balaban J connectivity index is 2.12. The van der Waals surface area contributed by atoms with Gasteiger partial charge in [-0.05, 0) is 30.2 Å². The Kier molecular flexibility index (Phi) is 4.32. The van der Waals surface area contributed by atoms with E-state index < -0.39 is 28.3 Å². The van der Waals surface area contributed by atoms with Crippen LogP contribution in [0.4, 0.5) is 18.9 Å². The van der Waals surface area contributed by atoms with Gasteiger partial charge in [-0.25, -0.2) is 13.6 Å². The molecule has 0 amide bonds. The van der Waals surface area contributed by atoms with Crippen molar-refractivity contribution in [3.63, 3.8) is 0 Å². The van der Waals surface area contributed by atoms with Crippen LogP contribution in [0.15, 0.2) is 58.4 Å². The fraction of sp³-hybridized carbons (Fsp3) is 0.235. The second kappa shape index (κ2) is 6.10. The van der Waals surface area contributed by atoms with Crippen LogP contribution in [-0.2, 0) is 15.6 Å². The van der Waals surface area contributed by atoms with Gasteiger partial charge in [0.2, 0.25) is 15.6 Å². The highest BCUT2D eigenvalue weighted by Crippen LogP contribution is 2.47. The van der Waals surface area contributed by atoms with Crippen molar-refractivity contribution in [3.8, 4) is 0 Å². The molecule has 1 atom stereocenters. The summed E-state index contributed by atoms with van der Waals surface area (Å²) in [6, 6.07) is 11.8. The summed E-state index contributed by atoms with van der Waals surface area (Å²) in [5.74, 6) is 0. The number of hydrogen-bond acceptors (Lipinski definition) is 4. The third-order valence-corrected chi connectivity index (χ3v) is 5.32. The van der Waals surface area contributed by atoms with Gasteiger partial charge < -0.3 is 4.90 Å². The molecule has 0 spiro atoms. The molecule has 0 aliphatic carbocycles. The number of aryl methyl sites for hydroxylation is 1. The highest BCUT2D eigenvalue weighted by atomic mass is 32.2.